The summed E-state index contributed by atoms with van der Waals surface area (Å²) in [6.07, 6.45) is 31.3. The highest BCUT2D eigenvalue weighted by atomic mass is 32.1. The molecule has 5 aromatic rings. The van der Waals surface area contributed by atoms with E-state index in [2.05, 4.69) is 83.9 Å². The van der Waals surface area contributed by atoms with Crippen molar-refractivity contribution in [3.8, 4) is 64.8 Å². The third-order valence-corrected chi connectivity index (χ3v) is 9.54. The lowest BCUT2D eigenvalue weighted by Gasteiger charge is -2.15. The van der Waals surface area contributed by atoms with Crippen LogP contribution in [0.2, 0.25) is 0 Å². The van der Waals surface area contributed by atoms with Crippen molar-refractivity contribution in [2.45, 2.75) is 54.4 Å². The second-order valence-electron chi connectivity index (χ2n) is 11.9. The van der Waals surface area contributed by atoms with E-state index in [0.717, 1.165) is 76.6 Å². The number of rotatable bonds is 12. The van der Waals surface area contributed by atoms with E-state index < -0.39 is 0 Å². The average Bonchev–Trinajstić information content (AvgIpc) is 3.71. The van der Waals surface area contributed by atoms with E-state index in [1.165, 1.54) is 0 Å². The van der Waals surface area contributed by atoms with Gasteiger partial charge in [0.15, 0.2) is 0 Å². The van der Waals surface area contributed by atoms with Crippen molar-refractivity contribution in [2.75, 3.05) is 0 Å². The van der Waals surface area contributed by atoms with Crippen LogP contribution in [0.25, 0.3) is 37.5 Å². The lowest BCUT2D eigenvalue weighted by Crippen LogP contribution is -1.98. The third-order valence-electron chi connectivity index (χ3n) is 8.46. The molecule has 0 bridgehead atoms. The van der Waals surface area contributed by atoms with Gasteiger partial charge in [0.1, 0.15) is 5.01 Å². The molecule has 4 aromatic carbocycles. The van der Waals surface area contributed by atoms with Gasteiger partial charge in [-0.05, 0) is 107 Å². The first-order valence-corrected chi connectivity index (χ1v) is 19.8. The van der Waals surface area contributed by atoms with Gasteiger partial charge in [-0.1, -0.05) is 131 Å². The van der Waals surface area contributed by atoms with Crippen LogP contribution in [0.15, 0.2) is 161 Å². The highest BCUT2D eigenvalue weighted by Gasteiger charge is 2.15. The molecule has 0 radical (unpaired) electrons. The molecule has 0 aliphatic heterocycles. The second kappa shape index (κ2) is 23.8. The van der Waals surface area contributed by atoms with Gasteiger partial charge in [0, 0.05) is 30.2 Å². The van der Waals surface area contributed by atoms with E-state index in [1.807, 2.05) is 102 Å². The summed E-state index contributed by atoms with van der Waals surface area (Å²) in [7, 11) is 0. The molecule has 282 valence electrons. The number of aliphatic imine (C=N–C) groups is 1. The smallest absolute Gasteiger partial charge is 0.124 e. The molecule has 0 aliphatic rings. The molecule has 0 fully saturated rings. The highest BCUT2D eigenvalue weighted by molar-refractivity contribution is 7.21. The van der Waals surface area contributed by atoms with Gasteiger partial charge >= 0.3 is 0 Å². The van der Waals surface area contributed by atoms with Crippen molar-refractivity contribution >= 4 is 33.3 Å². The van der Waals surface area contributed by atoms with Crippen molar-refractivity contribution in [2.24, 2.45) is 4.99 Å². The minimum absolute atomic E-state index is 0.510. The zero-order chi connectivity index (χ0) is 41.6. The topological polar surface area (TPSA) is 49.0 Å². The van der Waals surface area contributed by atoms with E-state index in [0.29, 0.717) is 18.4 Å². The number of benzene rings is 4. The Morgan fingerprint density at radius 1 is 0.807 bits per heavy atom. The van der Waals surface area contributed by atoms with Crippen LogP contribution in [0.1, 0.15) is 63.8 Å². The fourth-order valence-electron chi connectivity index (χ4n) is 5.93. The fraction of sp³-hybridized carbons (Fsp3) is 0.151. The Labute approximate surface area is 345 Å². The predicted molar refractivity (Wildman–Crippen MR) is 249 cm³/mol. The SMILES string of the molecule is C#C/C=C\C(C=C)=C(/Cc1ccc(-c2cc(C#N)cc(C(=C/C#C)/C(/C=C\C)=C(/C#C)Cc3ccc(-c4nc5ccccc5s4)cc3)c2)cc1)N=CC.CC.CC. The third kappa shape index (κ3) is 12.0. The number of para-hydroxylation sites is 1. The van der Waals surface area contributed by atoms with Crippen LogP contribution >= 0.6 is 11.3 Å². The Kier molecular flexibility index (Phi) is 18.5. The summed E-state index contributed by atoms with van der Waals surface area (Å²) in [5.74, 6) is 8.19. The lowest BCUT2D eigenvalue weighted by atomic mass is 9.88. The first-order chi connectivity index (χ1) is 27.9. The number of hydrogen-bond donors (Lipinski definition) is 0. The molecule has 4 heteroatoms. The Morgan fingerprint density at radius 2 is 1.47 bits per heavy atom. The van der Waals surface area contributed by atoms with E-state index >= 15 is 0 Å². The van der Waals surface area contributed by atoms with Crippen LogP contribution in [0.3, 0.4) is 0 Å². The van der Waals surface area contributed by atoms with Gasteiger partial charge in [0.2, 0.25) is 0 Å². The summed E-state index contributed by atoms with van der Waals surface area (Å²) < 4.78 is 1.16. The molecule has 0 spiro atoms. The molecule has 3 nitrogen and oxygen atoms in total. The summed E-state index contributed by atoms with van der Waals surface area (Å²) in [6, 6.07) is 32.9. The number of aromatic nitrogens is 1. The molecular weight excluding hydrogens is 711 g/mol. The summed E-state index contributed by atoms with van der Waals surface area (Å²) >= 11 is 1.68. The zero-order valence-electron chi connectivity index (χ0n) is 33.8. The minimum Gasteiger partial charge on any atom is -0.265 e. The number of hydrogen-bond acceptors (Lipinski definition) is 4. The van der Waals surface area contributed by atoms with E-state index in [1.54, 1.807) is 35.8 Å². The van der Waals surface area contributed by atoms with Crippen LogP contribution in [-0.4, -0.2) is 11.2 Å². The maximum atomic E-state index is 10.1. The summed E-state index contributed by atoms with van der Waals surface area (Å²) in [5, 5.41) is 11.1. The lowest BCUT2D eigenvalue weighted by molar-refractivity contribution is 1.09. The maximum absolute atomic E-state index is 10.1. The Balaban J connectivity index is 0.00000211. The number of nitrogens with zero attached hydrogens (tertiary/aromatic N) is 3. The molecule has 0 amide bonds. The second-order valence-corrected chi connectivity index (χ2v) is 12.9. The van der Waals surface area contributed by atoms with Crippen molar-refractivity contribution in [3.63, 3.8) is 0 Å². The van der Waals surface area contributed by atoms with Gasteiger partial charge in [0.25, 0.3) is 0 Å². The first kappa shape index (κ1) is 44.4. The van der Waals surface area contributed by atoms with Crippen LogP contribution in [0.4, 0.5) is 0 Å². The van der Waals surface area contributed by atoms with Gasteiger partial charge in [-0.3, -0.25) is 4.99 Å². The summed E-state index contributed by atoms with van der Waals surface area (Å²) in [5.41, 5.74) is 11.4. The molecule has 0 saturated heterocycles. The molecular formula is C53H49N3S. The summed E-state index contributed by atoms with van der Waals surface area (Å²) in [4.78, 5) is 9.38. The highest BCUT2D eigenvalue weighted by Crippen LogP contribution is 2.34. The number of allylic oxidation sites excluding steroid dienone is 11. The Bertz CT molecular complexity index is 2470. The van der Waals surface area contributed by atoms with Crippen molar-refractivity contribution in [3.05, 3.63) is 179 Å². The molecule has 57 heavy (non-hydrogen) atoms. The molecule has 1 heterocycles. The number of nitriles is 1. The molecule has 0 atom stereocenters. The zero-order valence-corrected chi connectivity index (χ0v) is 34.6. The van der Waals surface area contributed by atoms with Gasteiger partial charge in [-0.2, -0.15) is 5.26 Å². The number of terminal acetylenes is 3. The molecule has 0 N–H and O–H groups in total. The van der Waals surface area contributed by atoms with E-state index in [9.17, 15) is 5.26 Å². The minimum atomic E-state index is 0.510. The average molecular weight is 760 g/mol. The molecule has 5 rings (SSSR count). The quantitative estimate of drug-likeness (QED) is 0.0722. The molecule has 0 saturated carbocycles. The Hall–Kier alpha value is -6.95. The van der Waals surface area contributed by atoms with Crippen LogP contribution in [-0.2, 0) is 12.8 Å². The molecule has 0 aliphatic carbocycles. The molecule has 0 unspecified atom stereocenters. The normalized spacial score (nSPS) is 11.9. The maximum Gasteiger partial charge on any atom is 0.124 e. The van der Waals surface area contributed by atoms with Crippen molar-refractivity contribution in [1.82, 2.24) is 4.98 Å². The first-order valence-electron chi connectivity index (χ1n) is 19.0. The van der Waals surface area contributed by atoms with Gasteiger partial charge in [-0.15, -0.1) is 30.6 Å². The standard InChI is InChI=1S/C49H37N3S.2C2H6/c1-7-13-18-38(10-4)47(51-12-6)32-36-21-25-40(26-22-36)42-30-37(34-50)31-43(33-42)45(17-9-3)44(16-8-2)39(11-5)29-35-23-27-41(28-24-35)49-52-46-19-14-15-20-48(46)53-49;2*1-2/h1,3,5,8,10,12-28,30-31,33H,4,29,32H2,2,6H3;2*1-2H3/b16-8-,18-13-,44-39-,45-17-,47-38+,51-12?;;. The monoisotopic (exact) mass is 759 g/mol. The largest absolute Gasteiger partial charge is 0.265 e. The van der Waals surface area contributed by atoms with Crippen LogP contribution < -0.4 is 0 Å². The van der Waals surface area contributed by atoms with E-state index in [-0.39, 0.29) is 0 Å². The summed E-state index contributed by atoms with van der Waals surface area (Å²) in [6.45, 7) is 15.8. The predicted octanol–water partition coefficient (Wildman–Crippen LogP) is 13.6. The fourth-order valence-corrected chi connectivity index (χ4v) is 6.90. The van der Waals surface area contributed by atoms with E-state index in [4.69, 9.17) is 24.3 Å². The van der Waals surface area contributed by atoms with Crippen molar-refractivity contribution < 1.29 is 0 Å². The molecule has 1 aromatic heterocycles. The van der Waals surface area contributed by atoms with Crippen LogP contribution in [0, 0.1) is 48.4 Å². The number of fused-ring (bicyclic) bond motifs is 1. The Morgan fingerprint density at radius 3 is 2.05 bits per heavy atom. The van der Waals surface area contributed by atoms with Gasteiger partial charge < -0.3 is 0 Å². The van der Waals surface area contributed by atoms with Gasteiger partial charge in [-0.25, -0.2) is 4.98 Å². The van der Waals surface area contributed by atoms with Gasteiger partial charge in [0.05, 0.1) is 27.5 Å². The van der Waals surface area contributed by atoms with Crippen molar-refractivity contribution in [1.29, 1.82) is 5.26 Å². The van der Waals surface area contributed by atoms with Crippen LogP contribution in [0.5, 0.6) is 0 Å². The number of thiazole rings is 1.